The van der Waals surface area contributed by atoms with Crippen molar-refractivity contribution in [2.45, 2.75) is 0 Å². The fourth-order valence-electron chi connectivity index (χ4n) is 6.40. The molecule has 0 spiro atoms. The van der Waals surface area contributed by atoms with Gasteiger partial charge in [0.25, 0.3) is 0 Å². The van der Waals surface area contributed by atoms with E-state index in [4.69, 9.17) is 9.40 Å². The van der Waals surface area contributed by atoms with Gasteiger partial charge in [0, 0.05) is 39.5 Å². The molecule has 0 fully saturated rings. The van der Waals surface area contributed by atoms with Gasteiger partial charge in [-0.15, -0.1) is 0 Å². The fourth-order valence-corrected chi connectivity index (χ4v) is 6.40. The minimum atomic E-state index is -0.0275. The largest absolute Gasteiger partial charge is 0.456 e. The molecule has 0 unspecified atom stereocenters. The lowest BCUT2D eigenvalue weighted by Gasteiger charge is -2.12. The van der Waals surface area contributed by atoms with Crippen LogP contribution in [0.2, 0.25) is 0 Å². The quantitative estimate of drug-likeness (QED) is 0.212. The first-order valence-electron chi connectivity index (χ1n) is 13.6. The highest BCUT2D eigenvalue weighted by Crippen LogP contribution is 2.41. The summed E-state index contributed by atoms with van der Waals surface area (Å²) >= 11 is 0. The summed E-state index contributed by atoms with van der Waals surface area (Å²) in [4.78, 5) is 18.2. The van der Waals surface area contributed by atoms with E-state index in [1.165, 1.54) is 10.8 Å². The number of aromatic nitrogens is 3. The lowest BCUT2D eigenvalue weighted by molar-refractivity contribution is 0.659. The van der Waals surface area contributed by atoms with E-state index >= 15 is 0 Å². The van der Waals surface area contributed by atoms with Crippen LogP contribution < -0.4 is 5.43 Å². The molecule has 4 heterocycles. The summed E-state index contributed by atoms with van der Waals surface area (Å²) in [6.45, 7) is 0. The molecule has 0 aliphatic rings. The number of pyridine rings is 1. The Morgan fingerprint density at radius 3 is 2.05 bits per heavy atom. The maximum atomic E-state index is 13.3. The summed E-state index contributed by atoms with van der Waals surface area (Å²) in [6.07, 6.45) is 1.83. The molecule has 5 nitrogen and oxygen atoms in total. The molecular formula is C36H21N3O2. The van der Waals surface area contributed by atoms with E-state index in [1.54, 1.807) is 0 Å². The molecule has 0 N–H and O–H groups in total. The zero-order valence-electron chi connectivity index (χ0n) is 21.8. The molecule has 0 saturated carbocycles. The van der Waals surface area contributed by atoms with Crippen LogP contribution >= 0.6 is 0 Å². The predicted octanol–water partition coefficient (Wildman–Crippen LogP) is 8.54. The number of nitrogens with zero attached hydrogens (tertiary/aromatic N) is 3. The van der Waals surface area contributed by atoms with Gasteiger partial charge in [-0.05, 0) is 54.6 Å². The normalized spacial score (nSPS) is 12.0. The molecule has 192 valence electrons. The number of rotatable bonds is 2. The Morgan fingerprint density at radius 1 is 0.512 bits per heavy atom. The van der Waals surface area contributed by atoms with Crippen molar-refractivity contribution >= 4 is 65.7 Å². The second-order valence-corrected chi connectivity index (χ2v) is 10.4. The first-order valence-corrected chi connectivity index (χ1v) is 13.6. The maximum absolute atomic E-state index is 13.3. The van der Waals surface area contributed by atoms with Crippen molar-refractivity contribution in [3.05, 3.63) is 138 Å². The van der Waals surface area contributed by atoms with Crippen LogP contribution in [0.25, 0.3) is 77.1 Å². The summed E-state index contributed by atoms with van der Waals surface area (Å²) in [6, 6.07) is 40.8. The van der Waals surface area contributed by atoms with Crippen LogP contribution in [-0.4, -0.2) is 14.1 Å². The van der Waals surface area contributed by atoms with Gasteiger partial charge in [0.15, 0.2) is 0 Å². The van der Waals surface area contributed by atoms with Gasteiger partial charge in [-0.3, -0.25) is 9.36 Å². The molecule has 0 radical (unpaired) electrons. The zero-order chi connectivity index (χ0) is 27.1. The average Bonchev–Trinajstić information content (AvgIpc) is 3.54. The Hall–Kier alpha value is -5.68. The van der Waals surface area contributed by atoms with Gasteiger partial charge in [0.05, 0.1) is 33.0 Å². The Kier molecular flexibility index (Phi) is 4.41. The molecule has 41 heavy (non-hydrogen) atoms. The maximum Gasteiger partial charge on any atom is 0.200 e. The number of benzene rings is 5. The molecule has 5 aromatic carbocycles. The highest BCUT2D eigenvalue weighted by molar-refractivity contribution is 6.23. The number of hydrogen-bond donors (Lipinski definition) is 0. The Morgan fingerprint density at radius 2 is 1.17 bits per heavy atom. The van der Waals surface area contributed by atoms with Gasteiger partial charge < -0.3 is 8.98 Å². The van der Waals surface area contributed by atoms with Gasteiger partial charge in [0.2, 0.25) is 5.43 Å². The lowest BCUT2D eigenvalue weighted by atomic mass is 10.1. The number of para-hydroxylation sites is 3. The fraction of sp³-hybridized carbons (Fsp3) is 0. The monoisotopic (exact) mass is 527 g/mol. The zero-order valence-corrected chi connectivity index (χ0v) is 21.8. The lowest BCUT2D eigenvalue weighted by Crippen LogP contribution is -2.03. The SMILES string of the molecule is O=c1c2ccccc2oc2cc(-n3c4ncccc4c4ccc5c6ccccc6n(-c6ccccc6)c5c43)ccc12. The van der Waals surface area contributed by atoms with E-state index in [0.29, 0.717) is 21.9 Å². The van der Waals surface area contributed by atoms with Crippen molar-refractivity contribution in [2.24, 2.45) is 0 Å². The molecular weight excluding hydrogens is 506 g/mol. The Labute approximate surface area is 233 Å². The molecule has 0 aliphatic carbocycles. The van der Waals surface area contributed by atoms with Crippen LogP contribution in [0.3, 0.4) is 0 Å². The van der Waals surface area contributed by atoms with Gasteiger partial charge in [-0.25, -0.2) is 4.98 Å². The van der Waals surface area contributed by atoms with Gasteiger partial charge in [-0.1, -0.05) is 60.7 Å². The van der Waals surface area contributed by atoms with Crippen LogP contribution in [0.1, 0.15) is 0 Å². The third kappa shape index (κ3) is 3.00. The molecule has 0 atom stereocenters. The molecule has 0 aliphatic heterocycles. The summed E-state index contributed by atoms with van der Waals surface area (Å²) < 4.78 is 10.8. The molecule has 9 aromatic rings. The Balaban J connectivity index is 1.49. The van der Waals surface area contributed by atoms with Crippen molar-refractivity contribution in [2.75, 3.05) is 0 Å². The van der Waals surface area contributed by atoms with Gasteiger partial charge in [0.1, 0.15) is 16.8 Å². The van der Waals surface area contributed by atoms with Crippen LogP contribution in [0.4, 0.5) is 0 Å². The van der Waals surface area contributed by atoms with Gasteiger partial charge >= 0.3 is 0 Å². The first kappa shape index (κ1) is 22.2. The van der Waals surface area contributed by atoms with Crippen molar-refractivity contribution in [3.63, 3.8) is 0 Å². The summed E-state index contributed by atoms with van der Waals surface area (Å²) in [5.41, 5.74) is 7.22. The van der Waals surface area contributed by atoms with E-state index in [9.17, 15) is 4.79 Å². The molecule has 4 aromatic heterocycles. The molecule has 9 rings (SSSR count). The number of hydrogen-bond acceptors (Lipinski definition) is 3. The second-order valence-electron chi connectivity index (χ2n) is 10.4. The van der Waals surface area contributed by atoms with Crippen LogP contribution in [0.5, 0.6) is 0 Å². The van der Waals surface area contributed by atoms with E-state index in [0.717, 1.165) is 44.3 Å². The molecule has 0 saturated heterocycles. The highest BCUT2D eigenvalue weighted by atomic mass is 16.3. The second kappa shape index (κ2) is 8.16. The van der Waals surface area contributed by atoms with Crippen molar-refractivity contribution in [3.8, 4) is 11.4 Å². The topological polar surface area (TPSA) is 53.0 Å². The third-order valence-corrected chi connectivity index (χ3v) is 8.16. The molecule has 5 heteroatoms. The van der Waals surface area contributed by atoms with E-state index < -0.39 is 0 Å². The first-order chi connectivity index (χ1) is 20.3. The van der Waals surface area contributed by atoms with Crippen molar-refractivity contribution in [1.82, 2.24) is 14.1 Å². The van der Waals surface area contributed by atoms with Crippen LogP contribution in [0.15, 0.2) is 137 Å². The Bertz CT molecular complexity index is 2550. The average molecular weight is 528 g/mol. The van der Waals surface area contributed by atoms with Crippen LogP contribution in [-0.2, 0) is 0 Å². The minimum Gasteiger partial charge on any atom is -0.456 e. The van der Waals surface area contributed by atoms with Crippen LogP contribution in [0, 0.1) is 0 Å². The summed E-state index contributed by atoms with van der Waals surface area (Å²) in [7, 11) is 0. The van der Waals surface area contributed by atoms with Crippen molar-refractivity contribution < 1.29 is 4.42 Å². The van der Waals surface area contributed by atoms with Gasteiger partial charge in [-0.2, -0.15) is 0 Å². The molecule has 0 bridgehead atoms. The number of fused-ring (bicyclic) bond motifs is 9. The summed E-state index contributed by atoms with van der Waals surface area (Å²) in [5, 5.41) is 5.67. The standard InChI is InChI=1S/C36H21N3O2/c40-35-28-12-5-7-15-31(28)41-32-21-23(16-17-29(32)35)39-34-26(27-13-8-20-37-36(27)39)19-18-25-24-11-4-6-14-30(24)38(33(25)34)22-9-2-1-3-10-22/h1-21H. The highest BCUT2D eigenvalue weighted by Gasteiger charge is 2.22. The summed E-state index contributed by atoms with van der Waals surface area (Å²) in [5.74, 6) is 0. The predicted molar refractivity (Wildman–Crippen MR) is 166 cm³/mol. The minimum absolute atomic E-state index is 0.0275. The third-order valence-electron chi connectivity index (χ3n) is 8.16. The van der Waals surface area contributed by atoms with E-state index in [-0.39, 0.29) is 5.43 Å². The smallest absolute Gasteiger partial charge is 0.200 e. The van der Waals surface area contributed by atoms with E-state index in [1.807, 2.05) is 60.8 Å². The molecule has 0 amide bonds. The van der Waals surface area contributed by atoms with Crippen molar-refractivity contribution in [1.29, 1.82) is 0 Å². The van der Waals surface area contributed by atoms with E-state index in [2.05, 4.69) is 75.9 Å².